The Hall–Kier alpha value is -1.03. The van der Waals surface area contributed by atoms with Gasteiger partial charge in [0.1, 0.15) is 0 Å². The van der Waals surface area contributed by atoms with E-state index in [4.69, 9.17) is 4.74 Å². The average Bonchev–Trinajstić information content (AvgIpc) is 2.19. The van der Waals surface area contributed by atoms with Gasteiger partial charge in [-0.05, 0) is 12.8 Å². The highest BCUT2D eigenvalue weighted by Gasteiger charge is 2.04. The summed E-state index contributed by atoms with van der Waals surface area (Å²) in [6.45, 7) is 2.14. The van der Waals surface area contributed by atoms with Gasteiger partial charge >= 0.3 is 6.09 Å². The maximum Gasteiger partial charge on any atom is 0.407 e. The molecule has 13 heavy (non-hydrogen) atoms. The van der Waals surface area contributed by atoms with Gasteiger partial charge in [-0.1, -0.05) is 11.6 Å². The smallest absolute Gasteiger partial charge is 0.407 e. The lowest BCUT2D eigenvalue weighted by atomic mass is 10.1. The highest BCUT2D eigenvalue weighted by atomic mass is 16.5. The van der Waals surface area contributed by atoms with Gasteiger partial charge in [-0.25, -0.2) is 4.79 Å². The lowest BCUT2D eigenvalue weighted by Gasteiger charge is -2.14. The van der Waals surface area contributed by atoms with Crippen LogP contribution in [0, 0.1) is 0 Å². The molecule has 0 saturated carbocycles. The molecule has 0 spiro atoms. The Balaban J connectivity index is 2.18. The zero-order valence-corrected chi connectivity index (χ0v) is 7.84. The van der Waals surface area contributed by atoms with Crippen molar-refractivity contribution in [2.24, 2.45) is 0 Å². The van der Waals surface area contributed by atoms with E-state index in [1.807, 2.05) is 6.08 Å². The molecule has 1 aliphatic heterocycles. The van der Waals surface area contributed by atoms with Gasteiger partial charge in [0.15, 0.2) is 0 Å². The topological polar surface area (TPSA) is 47.6 Å². The van der Waals surface area contributed by atoms with Crippen LogP contribution < -0.4 is 5.32 Å². The third-order valence-electron chi connectivity index (χ3n) is 1.96. The number of amides is 1. The summed E-state index contributed by atoms with van der Waals surface area (Å²) in [5.74, 6) is 0. The maximum atomic E-state index is 10.7. The second-order valence-electron chi connectivity index (χ2n) is 2.85. The monoisotopic (exact) mass is 185 g/mol. The van der Waals surface area contributed by atoms with Gasteiger partial charge in [-0.3, -0.25) is 0 Å². The molecule has 4 nitrogen and oxygen atoms in total. The van der Waals surface area contributed by atoms with E-state index in [0.29, 0.717) is 6.54 Å². The van der Waals surface area contributed by atoms with Crippen LogP contribution in [0.5, 0.6) is 0 Å². The Bertz CT molecular complexity index is 193. The molecule has 1 heterocycles. The Morgan fingerprint density at radius 2 is 2.31 bits per heavy atom. The normalized spacial score (nSPS) is 16.5. The molecule has 1 aliphatic rings. The van der Waals surface area contributed by atoms with E-state index in [-0.39, 0.29) is 6.09 Å². The fourth-order valence-corrected chi connectivity index (χ4v) is 1.19. The van der Waals surface area contributed by atoms with Gasteiger partial charge in [-0.15, -0.1) is 0 Å². The molecule has 74 valence electrons. The predicted molar refractivity (Wildman–Crippen MR) is 48.5 cm³/mol. The van der Waals surface area contributed by atoms with E-state index < -0.39 is 0 Å². The van der Waals surface area contributed by atoms with Crippen molar-refractivity contribution in [3.05, 3.63) is 11.6 Å². The summed E-state index contributed by atoms with van der Waals surface area (Å²) >= 11 is 0. The number of ether oxygens (including phenoxy) is 2. The van der Waals surface area contributed by atoms with Crippen molar-refractivity contribution in [1.29, 1.82) is 0 Å². The lowest BCUT2D eigenvalue weighted by Crippen LogP contribution is -2.23. The molecule has 0 radical (unpaired) electrons. The van der Waals surface area contributed by atoms with Gasteiger partial charge in [0.05, 0.1) is 20.3 Å². The van der Waals surface area contributed by atoms with E-state index in [1.54, 1.807) is 0 Å². The fourth-order valence-electron chi connectivity index (χ4n) is 1.19. The van der Waals surface area contributed by atoms with Crippen molar-refractivity contribution in [3.8, 4) is 0 Å². The molecule has 0 atom stereocenters. The Morgan fingerprint density at radius 3 is 2.92 bits per heavy atom. The van der Waals surface area contributed by atoms with E-state index >= 15 is 0 Å². The second kappa shape index (κ2) is 5.59. The maximum absolute atomic E-state index is 10.7. The highest BCUT2D eigenvalue weighted by molar-refractivity contribution is 5.67. The van der Waals surface area contributed by atoms with E-state index in [0.717, 1.165) is 26.1 Å². The van der Waals surface area contributed by atoms with E-state index in [1.165, 1.54) is 12.7 Å². The summed E-state index contributed by atoms with van der Waals surface area (Å²) in [6, 6.07) is 0. The van der Waals surface area contributed by atoms with Crippen molar-refractivity contribution in [3.63, 3.8) is 0 Å². The van der Waals surface area contributed by atoms with Crippen LogP contribution in [0.3, 0.4) is 0 Å². The van der Waals surface area contributed by atoms with Gasteiger partial charge in [-0.2, -0.15) is 0 Å². The molecule has 0 aromatic carbocycles. The van der Waals surface area contributed by atoms with Crippen LogP contribution in [0.25, 0.3) is 0 Å². The number of rotatable bonds is 2. The standard InChI is InChI=1S/C9H15NO3/c1-12-9(11)10-5-2-8-3-6-13-7-4-8/h2H,3-7H2,1H3,(H,10,11). The van der Waals surface area contributed by atoms with E-state index in [2.05, 4.69) is 10.1 Å². The molecule has 0 bridgehead atoms. The molecular weight excluding hydrogens is 170 g/mol. The first-order chi connectivity index (χ1) is 6.33. The van der Waals surface area contributed by atoms with Gasteiger partial charge in [0.25, 0.3) is 0 Å². The summed E-state index contributed by atoms with van der Waals surface area (Å²) < 4.78 is 9.63. The number of carbonyl (C=O) groups excluding carboxylic acids is 1. The second-order valence-corrected chi connectivity index (χ2v) is 2.85. The predicted octanol–water partition coefficient (Wildman–Crippen LogP) is 1.08. The summed E-state index contributed by atoms with van der Waals surface area (Å²) in [6.07, 6.45) is 3.59. The summed E-state index contributed by atoms with van der Waals surface area (Å²) in [5.41, 5.74) is 1.35. The molecule has 0 unspecified atom stereocenters. The molecule has 4 heteroatoms. The minimum Gasteiger partial charge on any atom is -0.453 e. The van der Waals surface area contributed by atoms with Crippen molar-refractivity contribution in [2.75, 3.05) is 26.9 Å². The number of hydrogen-bond acceptors (Lipinski definition) is 3. The summed E-state index contributed by atoms with van der Waals surface area (Å²) in [5, 5.41) is 2.60. The van der Waals surface area contributed by atoms with Crippen molar-refractivity contribution in [2.45, 2.75) is 12.8 Å². The van der Waals surface area contributed by atoms with Crippen LogP contribution in [0.2, 0.25) is 0 Å². The molecule has 1 saturated heterocycles. The van der Waals surface area contributed by atoms with Crippen LogP contribution in [0.1, 0.15) is 12.8 Å². The number of hydrogen-bond donors (Lipinski definition) is 1. The zero-order valence-electron chi connectivity index (χ0n) is 7.84. The van der Waals surface area contributed by atoms with Crippen LogP contribution in [0.15, 0.2) is 11.6 Å². The molecule has 1 rings (SSSR count). The van der Waals surface area contributed by atoms with Gasteiger partial charge < -0.3 is 14.8 Å². The third kappa shape index (κ3) is 3.94. The summed E-state index contributed by atoms with van der Waals surface area (Å²) in [7, 11) is 1.36. The molecule has 1 fully saturated rings. The first kappa shape index (κ1) is 10.1. The van der Waals surface area contributed by atoms with Crippen molar-refractivity contribution < 1.29 is 14.3 Å². The largest absolute Gasteiger partial charge is 0.453 e. The van der Waals surface area contributed by atoms with Crippen molar-refractivity contribution >= 4 is 6.09 Å². The van der Waals surface area contributed by atoms with Crippen molar-refractivity contribution in [1.82, 2.24) is 5.32 Å². The van der Waals surface area contributed by atoms with Crippen LogP contribution in [0.4, 0.5) is 4.79 Å². The van der Waals surface area contributed by atoms with Crippen LogP contribution >= 0.6 is 0 Å². The molecule has 0 aromatic heterocycles. The Kier molecular flexibility index (Phi) is 4.32. The minimum absolute atomic E-state index is 0.385. The fraction of sp³-hybridized carbons (Fsp3) is 0.667. The SMILES string of the molecule is COC(=O)NCC=C1CCOCC1. The molecule has 1 N–H and O–H groups in total. The highest BCUT2D eigenvalue weighted by Crippen LogP contribution is 2.11. The number of methoxy groups -OCH3 is 1. The molecular formula is C9H15NO3. The Labute approximate surface area is 77.9 Å². The number of nitrogens with one attached hydrogen (secondary N) is 1. The third-order valence-corrected chi connectivity index (χ3v) is 1.96. The zero-order chi connectivity index (χ0) is 9.52. The first-order valence-corrected chi connectivity index (χ1v) is 4.40. The average molecular weight is 185 g/mol. The van der Waals surface area contributed by atoms with Gasteiger partial charge in [0.2, 0.25) is 0 Å². The molecule has 1 amide bonds. The lowest BCUT2D eigenvalue weighted by molar-refractivity contribution is 0.119. The number of carbonyl (C=O) groups is 1. The molecule has 0 aromatic rings. The van der Waals surface area contributed by atoms with Crippen LogP contribution in [-0.4, -0.2) is 33.0 Å². The first-order valence-electron chi connectivity index (χ1n) is 4.40. The molecule has 0 aliphatic carbocycles. The summed E-state index contributed by atoms with van der Waals surface area (Å²) in [4.78, 5) is 10.7. The van der Waals surface area contributed by atoms with Gasteiger partial charge in [0, 0.05) is 6.54 Å². The quantitative estimate of drug-likeness (QED) is 0.655. The Morgan fingerprint density at radius 1 is 1.62 bits per heavy atom. The van der Waals surface area contributed by atoms with Crippen LogP contribution in [-0.2, 0) is 9.47 Å². The number of alkyl carbamates (subject to hydrolysis) is 1. The van der Waals surface area contributed by atoms with E-state index in [9.17, 15) is 4.79 Å². The minimum atomic E-state index is -0.385.